The van der Waals surface area contributed by atoms with Crippen LogP contribution in [-0.2, 0) is 0 Å². The van der Waals surface area contributed by atoms with Gasteiger partial charge in [0.2, 0.25) is 0 Å². The zero-order chi connectivity index (χ0) is 59.0. The van der Waals surface area contributed by atoms with Crippen LogP contribution in [0.15, 0.2) is 0 Å². The van der Waals surface area contributed by atoms with Crippen molar-refractivity contribution in [3.8, 4) is 0 Å². The van der Waals surface area contributed by atoms with Crippen LogP contribution in [0.4, 0.5) is 0 Å². The lowest BCUT2D eigenvalue weighted by Crippen LogP contribution is -2.31. The number of hydrogen-bond donors (Lipinski definition) is 0. The van der Waals surface area contributed by atoms with Crippen molar-refractivity contribution in [1.82, 2.24) is 0 Å². The molecule has 462 valence electrons. The van der Waals surface area contributed by atoms with Gasteiger partial charge in [-0.25, -0.2) is 0 Å². The van der Waals surface area contributed by atoms with Gasteiger partial charge in [0.15, 0.2) is 0 Å². The van der Waals surface area contributed by atoms with Crippen molar-refractivity contribution < 1.29 is 0 Å². The summed E-state index contributed by atoms with van der Waals surface area (Å²) in [5.74, 6) is 16.6. The third-order valence-corrected chi connectivity index (χ3v) is 25.1. The van der Waals surface area contributed by atoms with E-state index in [1.807, 2.05) is 0 Å². The fraction of sp³-hybridized carbons (Fsp3) is 1.00. The van der Waals surface area contributed by atoms with E-state index in [4.69, 9.17) is 0 Å². The molecule has 0 heteroatoms. The molecule has 11 aliphatic carbocycles. The van der Waals surface area contributed by atoms with Gasteiger partial charge in [0.1, 0.15) is 0 Å². The average Bonchev–Trinajstić information content (AvgIpc) is 3.32. The largest absolute Gasteiger partial charge is 0.0651 e. The predicted octanol–water partition coefficient (Wildman–Crippen LogP) is 27.0. The Balaban J connectivity index is 0.000000423. The minimum Gasteiger partial charge on any atom is -0.0651 e. The summed E-state index contributed by atoms with van der Waals surface area (Å²) < 4.78 is 0. The molecule has 0 aromatic carbocycles. The van der Waals surface area contributed by atoms with Gasteiger partial charge in [0.25, 0.3) is 0 Å². The summed E-state index contributed by atoms with van der Waals surface area (Å²) in [5, 5.41) is 0. The minimum absolute atomic E-state index is 0.681. The molecule has 11 saturated carbocycles. The van der Waals surface area contributed by atoms with Crippen LogP contribution in [0.3, 0.4) is 0 Å². The van der Waals surface area contributed by atoms with Gasteiger partial charge >= 0.3 is 0 Å². The first-order valence-corrected chi connectivity index (χ1v) is 35.7. The smallest absolute Gasteiger partial charge is 0.0328 e. The molecule has 0 saturated heterocycles. The lowest BCUT2D eigenvalue weighted by molar-refractivity contribution is 0.0891. The van der Waals surface area contributed by atoms with Crippen LogP contribution in [0.1, 0.15) is 373 Å². The molecule has 11 aliphatic rings. The van der Waals surface area contributed by atoms with E-state index in [1.54, 1.807) is 0 Å². The van der Waals surface area contributed by atoms with E-state index >= 15 is 0 Å². The quantitative estimate of drug-likeness (QED) is 0.238. The van der Waals surface area contributed by atoms with Gasteiger partial charge < -0.3 is 0 Å². The monoisotopic (exact) mass is 1080 g/mol. The molecule has 11 fully saturated rings. The molecule has 77 heavy (non-hydrogen) atoms. The number of rotatable bonds is 7. The second-order valence-corrected chi connectivity index (χ2v) is 33.7. The van der Waals surface area contributed by atoms with E-state index in [0.29, 0.717) is 16.2 Å². The van der Waals surface area contributed by atoms with Gasteiger partial charge in [-0.1, -0.05) is 263 Å². The van der Waals surface area contributed by atoms with Gasteiger partial charge in [0.05, 0.1) is 0 Å². The molecule has 0 N–H and O–H groups in total. The molecule has 0 nitrogen and oxygen atoms in total. The first kappa shape index (κ1) is 75.0. The van der Waals surface area contributed by atoms with Crippen LogP contribution in [0.5, 0.6) is 0 Å². The standard InChI is InChI=1S/11C7H14/c1-6-4-7(2,3)5-6;2*1-6-4-5-7(6,2)3;1-5-4-6(2)7(5)3;1-6(2)7-4-3-5-7;2*1-3-7-4-6(2)5-7;2*1-3-7(2)5-4-6-7;2*1-3-7-5-4-6(7)2/h3*6H,4-5H2,1-3H3;5-7H,4H2,1-3H3;3*6-7H,3-5H2,1-2H3;2*3-6H2,1-2H3;2*6-7H,3-5H2,1-2H3/t;6-;;5-,6?,7?;;;;;;;/m.0.0......./s1. The maximum Gasteiger partial charge on any atom is -0.0328 e. The summed E-state index contributed by atoms with van der Waals surface area (Å²) in [4.78, 5) is 0. The minimum atomic E-state index is 0.681. The Morgan fingerprint density at radius 1 is 0.364 bits per heavy atom. The summed E-state index contributed by atoms with van der Waals surface area (Å²) in [6.45, 7) is 60.7. The normalized spacial score (nSPS) is 35.6. The van der Waals surface area contributed by atoms with Crippen LogP contribution < -0.4 is 0 Å². The molecule has 11 rings (SSSR count). The van der Waals surface area contributed by atoms with Gasteiger partial charge in [0, 0.05) is 0 Å². The highest BCUT2D eigenvalue weighted by Crippen LogP contribution is 2.47. The van der Waals surface area contributed by atoms with E-state index in [0.717, 1.165) is 106 Å². The molecule has 9 atom stereocenters. The Morgan fingerprint density at radius 2 is 0.701 bits per heavy atom. The Hall–Kier alpha value is 0. The second kappa shape index (κ2) is 36.7. The van der Waals surface area contributed by atoms with Crippen LogP contribution >= 0.6 is 0 Å². The van der Waals surface area contributed by atoms with Crippen LogP contribution in [-0.4, -0.2) is 0 Å². The average molecular weight is 1080 g/mol. The zero-order valence-electron chi connectivity index (χ0n) is 59.0. The highest BCUT2D eigenvalue weighted by molar-refractivity contribution is 4.87. The Kier molecular flexibility index (Phi) is 35.7. The van der Waals surface area contributed by atoms with Gasteiger partial charge in [-0.2, -0.15) is 0 Å². The van der Waals surface area contributed by atoms with Crippen molar-refractivity contribution in [2.24, 2.45) is 122 Å². The highest BCUT2D eigenvalue weighted by Gasteiger charge is 2.36. The molecule has 0 heterocycles. The Labute approximate surface area is 491 Å². The Morgan fingerprint density at radius 3 is 0.714 bits per heavy atom. The molecule has 0 bridgehead atoms. The van der Waals surface area contributed by atoms with Gasteiger partial charge in [-0.05, 0) is 231 Å². The summed E-state index contributed by atoms with van der Waals surface area (Å²) in [6.07, 6.45) is 43.8. The van der Waals surface area contributed by atoms with Crippen LogP contribution in [0.2, 0.25) is 0 Å². The molecule has 7 unspecified atom stereocenters. The van der Waals surface area contributed by atoms with E-state index < -0.39 is 0 Å². The van der Waals surface area contributed by atoms with Crippen molar-refractivity contribution in [2.75, 3.05) is 0 Å². The van der Waals surface area contributed by atoms with Crippen molar-refractivity contribution in [1.29, 1.82) is 0 Å². The van der Waals surface area contributed by atoms with E-state index in [2.05, 4.69) is 180 Å². The first-order valence-electron chi connectivity index (χ1n) is 35.7. The zero-order valence-corrected chi connectivity index (χ0v) is 59.0. The van der Waals surface area contributed by atoms with E-state index in [1.165, 1.54) is 193 Å². The number of hydrogen-bond acceptors (Lipinski definition) is 0. The van der Waals surface area contributed by atoms with Crippen molar-refractivity contribution in [3.05, 3.63) is 0 Å². The molecule has 0 amide bonds. The maximum atomic E-state index is 2.39. The first-order chi connectivity index (χ1) is 35.7. The fourth-order valence-corrected chi connectivity index (χ4v) is 14.1. The fourth-order valence-electron chi connectivity index (χ4n) is 14.1. The topological polar surface area (TPSA) is 0 Å². The van der Waals surface area contributed by atoms with Gasteiger partial charge in [-0.15, -0.1) is 0 Å². The van der Waals surface area contributed by atoms with Crippen LogP contribution in [0.25, 0.3) is 0 Å². The van der Waals surface area contributed by atoms with Crippen molar-refractivity contribution in [3.63, 3.8) is 0 Å². The third kappa shape index (κ3) is 28.9. The molecule has 0 aliphatic heterocycles. The van der Waals surface area contributed by atoms with Crippen molar-refractivity contribution >= 4 is 0 Å². The highest BCUT2D eigenvalue weighted by atomic mass is 14.4. The second-order valence-electron chi connectivity index (χ2n) is 33.7. The molecule has 0 radical (unpaired) electrons. The third-order valence-electron chi connectivity index (χ3n) is 25.1. The van der Waals surface area contributed by atoms with Crippen molar-refractivity contribution in [2.45, 2.75) is 373 Å². The summed E-state index contributed by atoms with van der Waals surface area (Å²) in [6, 6.07) is 0. The predicted molar refractivity (Wildman–Crippen MR) is 354 cm³/mol. The summed E-state index contributed by atoms with van der Waals surface area (Å²) in [5.41, 5.74) is 3.58. The molecule has 0 spiro atoms. The lowest BCUT2D eigenvalue weighted by atomic mass is 9.64. The van der Waals surface area contributed by atoms with E-state index in [9.17, 15) is 0 Å². The molecular weight excluding hydrogens is 925 g/mol. The summed E-state index contributed by atoms with van der Waals surface area (Å²) >= 11 is 0. The molecule has 0 aromatic rings. The van der Waals surface area contributed by atoms with E-state index in [-0.39, 0.29) is 0 Å². The summed E-state index contributed by atoms with van der Waals surface area (Å²) in [7, 11) is 0. The molecule has 0 aromatic heterocycles. The van der Waals surface area contributed by atoms with Crippen LogP contribution in [0, 0.1) is 122 Å². The molecular formula is C77H154. The van der Waals surface area contributed by atoms with Gasteiger partial charge in [-0.3, -0.25) is 0 Å². The maximum absolute atomic E-state index is 2.39. The Bertz CT molecular complexity index is 1280. The lowest BCUT2D eigenvalue weighted by Gasteiger charge is -2.42. The SMILES string of the molecule is CC(C)C1CCC1.CC1CC(C)(C)C1.CC1CCC1(C)C.CC1C[C@H](C)C1C.CCC1(C)CCC1.CCC1(C)CCC1.CCC1CC(C)C1.CCC1CC(C)C1.CCC1CCC1C.CCC1CCC1C.C[C@H]1CCC1(C)C.